The fraction of sp³-hybridized carbons (Fsp3) is 0.182. The van der Waals surface area contributed by atoms with E-state index in [1.54, 1.807) is 13.0 Å². The zero-order chi connectivity index (χ0) is 13.5. The predicted molar refractivity (Wildman–Crippen MR) is 69.7 cm³/mol. The molecule has 6 heteroatoms. The van der Waals surface area contributed by atoms with Crippen molar-refractivity contribution in [1.82, 2.24) is 0 Å². The average Bonchev–Trinajstić information content (AvgIpc) is 2.32. The quantitative estimate of drug-likeness (QED) is 0.267. The predicted octanol–water partition coefficient (Wildman–Crippen LogP) is 2.40. The van der Waals surface area contributed by atoms with Gasteiger partial charge in [0.15, 0.2) is 14.3 Å². The van der Waals surface area contributed by atoms with Crippen LogP contribution in [0, 0.1) is 10.1 Å². The second kappa shape index (κ2) is 14.4. The van der Waals surface area contributed by atoms with Crippen LogP contribution in [-0.4, -0.2) is 24.5 Å². The number of carbonyl (C=O) groups excluding carboxylic acids is 1. The molecule has 0 saturated carbocycles. The van der Waals surface area contributed by atoms with Crippen LogP contribution >= 0.6 is 11.6 Å². The molecule has 2 radical (unpaired) electrons. The number of allylic oxidation sites excluding steroid dienone is 2. The lowest BCUT2D eigenvalue weighted by Gasteiger charge is -1.74. The molecule has 0 aliphatic heterocycles. The van der Waals surface area contributed by atoms with E-state index < -0.39 is 16.6 Å². The third kappa shape index (κ3) is 25.1. The summed E-state index contributed by atoms with van der Waals surface area (Å²) in [5, 5.41) is 8.63. The monoisotopic (exact) mass is 253 g/mol. The minimum atomic E-state index is -0.597. The average molecular weight is 253 g/mol. The highest BCUT2D eigenvalue weighted by atomic mass is 35.5. The molecule has 0 aromatic heterocycles. The second-order valence-corrected chi connectivity index (χ2v) is 2.85. The number of nitrogens with zero attached hydrogens (tertiary/aromatic N) is 1. The maximum atomic E-state index is 9.72. The van der Waals surface area contributed by atoms with Crippen LogP contribution in [-0.2, 0) is 4.79 Å². The Morgan fingerprint density at radius 2 is 1.59 bits per heavy atom. The van der Waals surface area contributed by atoms with Crippen LogP contribution in [0.4, 0.5) is 0 Å². The van der Waals surface area contributed by atoms with Crippen LogP contribution < -0.4 is 0 Å². The smallest absolute Gasteiger partial charge is 0.244 e. The fourth-order valence-corrected chi connectivity index (χ4v) is 0.642. The van der Waals surface area contributed by atoms with E-state index in [4.69, 9.17) is 21.7 Å². The second-order valence-electron chi connectivity index (χ2n) is 2.47. The van der Waals surface area contributed by atoms with E-state index in [-0.39, 0.29) is 0 Å². The molecule has 1 rings (SSSR count). The number of hydrogen-bond donors (Lipinski definition) is 0. The first kappa shape index (κ1) is 17.8. The SMILES string of the molecule is CC=CC(=O)Cl.[B]C[N+](=O)[O-].c1ccccc1. The summed E-state index contributed by atoms with van der Waals surface area (Å²) in [5.41, 5.74) is 0. The summed E-state index contributed by atoms with van der Waals surface area (Å²) in [6.45, 7) is 1.74. The summed E-state index contributed by atoms with van der Waals surface area (Å²) >= 11 is 4.85. The van der Waals surface area contributed by atoms with Gasteiger partial charge in [0.2, 0.25) is 5.24 Å². The fourth-order valence-electron chi connectivity index (χ4n) is 0.516. The van der Waals surface area contributed by atoms with Gasteiger partial charge in [-0.15, -0.1) is 0 Å². The maximum absolute atomic E-state index is 9.72. The Bertz CT molecular complexity index is 304. The van der Waals surface area contributed by atoms with Gasteiger partial charge in [0.25, 0.3) is 0 Å². The van der Waals surface area contributed by atoms with E-state index in [1.807, 2.05) is 36.4 Å². The molecule has 0 fully saturated rings. The molecular weight excluding hydrogens is 240 g/mol. The van der Waals surface area contributed by atoms with Crippen molar-refractivity contribution in [1.29, 1.82) is 0 Å². The van der Waals surface area contributed by atoms with Crippen molar-refractivity contribution < 1.29 is 9.72 Å². The molecular formula is C11H13BClNO3. The van der Waals surface area contributed by atoms with Gasteiger partial charge >= 0.3 is 0 Å². The molecule has 0 spiro atoms. The van der Waals surface area contributed by atoms with Gasteiger partial charge < -0.3 is 0 Å². The van der Waals surface area contributed by atoms with Gasteiger partial charge in [0, 0.05) is 4.92 Å². The molecule has 0 saturated heterocycles. The van der Waals surface area contributed by atoms with Crippen LogP contribution in [0.2, 0.25) is 0 Å². The van der Waals surface area contributed by atoms with Crippen LogP contribution in [0.5, 0.6) is 0 Å². The summed E-state index contributed by atoms with van der Waals surface area (Å²) < 4.78 is 0. The Labute approximate surface area is 107 Å². The molecule has 90 valence electrons. The Morgan fingerprint density at radius 1 is 1.29 bits per heavy atom. The minimum absolute atomic E-state index is 0.419. The van der Waals surface area contributed by atoms with E-state index in [1.165, 1.54) is 6.08 Å². The van der Waals surface area contributed by atoms with E-state index in [9.17, 15) is 4.79 Å². The zero-order valence-corrected chi connectivity index (χ0v) is 10.2. The van der Waals surface area contributed by atoms with Crippen molar-refractivity contribution in [3.63, 3.8) is 0 Å². The highest BCUT2D eigenvalue weighted by molar-refractivity contribution is 6.66. The van der Waals surface area contributed by atoms with Crippen molar-refractivity contribution in [3.8, 4) is 0 Å². The zero-order valence-electron chi connectivity index (χ0n) is 9.45. The molecule has 1 aromatic rings. The summed E-state index contributed by atoms with van der Waals surface area (Å²) in [6.07, 6.45) is 2.41. The molecule has 17 heavy (non-hydrogen) atoms. The lowest BCUT2D eigenvalue weighted by Crippen LogP contribution is -1.97. The third-order valence-electron chi connectivity index (χ3n) is 1.11. The number of halogens is 1. The molecule has 0 bridgehead atoms. The Balaban J connectivity index is 0. The van der Waals surface area contributed by atoms with Crippen molar-refractivity contribution in [2.75, 3.05) is 6.44 Å². The molecule has 4 nitrogen and oxygen atoms in total. The van der Waals surface area contributed by atoms with E-state index >= 15 is 0 Å². The van der Waals surface area contributed by atoms with Gasteiger partial charge in [-0.1, -0.05) is 42.5 Å². The number of carbonyl (C=O) groups is 1. The molecule has 0 aliphatic carbocycles. The summed E-state index contributed by atoms with van der Waals surface area (Å²) in [5.74, 6) is 0. The Kier molecular flexibility index (Phi) is 15.0. The molecule has 0 unspecified atom stereocenters. The molecule has 0 heterocycles. The van der Waals surface area contributed by atoms with E-state index in [2.05, 4.69) is 7.85 Å². The van der Waals surface area contributed by atoms with Crippen molar-refractivity contribution in [2.24, 2.45) is 0 Å². The van der Waals surface area contributed by atoms with Crippen molar-refractivity contribution >= 4 is 24.7 Å². The van der Waals surface area contributed by atoms with Gasteiger partial charge in [0.05, 0.1) is 0 Å². The number of benzene rings is 1. The highest BCUT2D eigenvalue weighted by Gasteiger charge is 1.77. The molecule has 0 aliphatic rings. The number of nitro groups is 1. The van der Waals surface area contributed by atoms with E-state index in [0.29, 0.717) is 0 Å². The van der Waals surface area contributed by atoms with Gasteiger partial charge in [0.1, 0.15) is 0 Å². The molecule has 1 aromatic carbocycles. The van der Waals surface area contributed by atoms with E-state index in [0.717, 1.165) is 0 Å². The maximum Gasteiger partial charge on any atom is 0.244 e. The van der Waals surface area contributed by atoms with Crippen LogP contribution in [0.1, 0.15) is 6.92 Å². The van der Waals surface area contributed by atoms with Gasteiger partial charge in [-0.25, -0.2) is 0 Å². The molecule has 0 amide bonds. The number of rotatable bonds is 2. The Hall–Kier alpha value is -1.62. The molecule has 0 atom stereocenters. The van der Waals surface area contributed by atoms with Crippen LogP contribution in [0.3, 0.4) is 0 Å². The summed E-state index contributed by atoms with van der Waals surface area (Å²) in [7, 11) is 4.47. The van der Waals surface area contributed by atoms with Crippen LogP contribution in [0.25, 0.3) is 0 Å². The minimum Gasteiger partial charge on any atom is -0.276 e. The normalized spacial score (nSPS) is 8.35. The first-order valence-corrected chi connectivity index (χ1v) is 5.06. The number of hydrogen-bond acceptors (Lipinski definition) is 3. The van der Waals surface area contributed by atoms with Crippen molar-refractivity contribution in [2.45, 2.75) is 6.92 Å². The van der Waals surface area contributed by atoms with Gasteiger partial charge in [-0.05, 0) is 24.6 Å². The standard InChI is InChI=1S/C6H6.C4H5ClO.CH2BNO2/c1-2-4-6-5-3-1;1-2-3-4(5)6;2-1-3(4)5/h1-6H;2-3H,1H3;1H2. The topological polar surface area (TPSA) is 60.2 Å². The summed E-state index contributed by atoms with van der Waals surface area (Å²) in [4.78, 5) is 18.2. The third-order valence-corrected chi connectivity index (χ3v) is 1.24. The molecule has 0 N–H and O–H groups in total. The largest absolute Gasteiger partial charge is 0.276 e. The highest BCUT2D eigenvalue weighted by Crippen LogP contribution is 1.80. The summed E-state index contributed by atoms with van der Waals surface area (Å²) in [6, 6.07) is 12.0. The van der Waals surface area contributed by atoms with Crippen LogP contribution in [0.15, 0.2) is 48.6 Å². The first-order valence-electron chi connectivity index (χ1n) is 4.68. The lowest BCUT2D eigenvalue weighted by atomic mass is 10.2. The van der Waals surface area contributed by atoms with Gasteiger partial charge in [-0.3, -0.25) is 14.9 Å². The Morgan fingerprint density at radius 3 is 1.65 bits per heavy atom. The first-order chi connectivity index (χ1) is 8.04. The van der Waals surface area contributed by atoms with Crippen molar-refractivity contribution in [3.05, 3.63) is 58.7 Å². The van der Waals surface area contributed by atoms with Gasteiger partial charge in [-0.2, -0.15) is 0 Å². The lowest BCUT2D eigenvalue weighted by molar-refractivity contribution is -0.459.